The lowest BCUT2D eigenvalue weighted by Crippen LogP contribution is -2.34. The standard InChI is InChI=1S/C20H22FN7O3S/c1-2-23-20(29)25-11-13-4-3-5-15(10-13)26-18-17(21)12-24-19(28-18)27-14-6-8-16(9-7-14)32(22,30)31/h3-10,12H,2,11H2,1H3,(H2,22,30,31)(H2,23,25,29)(H2,24,26,27,28). The molecule has 0 bridgehead atoms. The van der Waals surface area contributed by atoms with Crippen LogP contribution in [0.25, 0.3) is 0 Å². The number of nitrogens with one attached hydrogen (secondary N) is 4. The number of anilines is 4. The van der Waals surface area contributed by atoms with Crippen molar-refractivity contribution in [2.75, 3.05) is 17.2 Å². The molecule has 0 saturated carbocycles. The molecule has 6 N–H and O–H groups in total. The van der Waals surface area contributed by atoms with Gasteiger partial charge in [-0.15, -0.1) is 0 Å². The molecule has 10 nitrogen and oxygen atoms in total. The Hall–Kier alpha value is -3.77. The van der Waals surface area contributed by atoms with E-state index < -0.39 is 15.8 Å². The summed E-state index contributed by atoms with van der Waals surface area (Å²) in [4.78, 5) is 19.5. The molecule has 12 heteroatoms. The number of amides is 2. The second-order valence-electron chi connectivity index (χ2n) is 6.62. The minimum absolute atomic E-state index is 0.0352. The number of halogens is 1. The van der Waals surface area contributed by atoms with E-state index >= 15 is 0 Å². The summed E-state index contributed by atoms with van der Waals surface area (Å²) in [5.74, 6) is -0.616. The minimum atomic E-state index is -3.80. The number of nitrogens with two attached hydrogens (primary N) is 1. The van der Waals surface area contributed by atoms with Gasteiger partial charge in [0, 0.05) is 24.5 Å². The Kier molecular flexibility index (Phi) is 7.18. The van der Waals surface area contributed by atoms with Crippen molar-refractivity contribution in [2.45, 2.75) is 18.4 Å². The van der Waals surface area contributed by atoms with E-state index in [4.69, 9.17) is 5.14 Å². The van der Waals surface area contributed by atoms with Gasteiger partial charge in [-0.25, -0.2) is 27.7 Å². The van der Waals surface area contributed by atoms with Gasteiger partial charge in [-0.05, 0) is 48.9 Å². The van der Waals surface area contributed by atoms with Crippen LogP contribution in [0.1, 0.15) is 12.5 Å². The van der Waals surface area contributed by atoms with E-state index in [2.05, 4.69) is 31.2 Å². The van der Waals surface area contributed by atoms with Gasteiger partial charge in [0.2, 0.25) is 16.0 Å². The molecule has 0 spiro atoms. The lowest BCUT2D eigenvalue weighted by atomic mass is 10.2. The van der Waals surface area contributed by atoms with E-state index in [-0.39, 0.29) is 22.7 Å². The van der Waals surface area contributed by atoms with Crippen LogP contribution in [0.4, 0.5) is 32.3 Å². The summed E-state index contributed by atoms with van der Waals surface area (Å²) >= 11 is 0. The highest BCUT2D eigenvalue weighted by Crippen LogP contribution is 2.22. The number of urea groups is 1. The summed E-state index contributed by atoms with van der Waals surface area (Å²) in [5.41, 5.74) is 1.87. The summed E-state index contributed by atoms with van der Waals surface area (Å²) < 4.78 is 36.9. The predicted octanol–water partition coefficient (Wildman–Crippen LogP) is 2.57. The third-order valence-electron chi connectivity index (χ3n) is 4.16. The molecule has 0 aliphatic heterocycles. The summed E-state index contributed by atoms with van der Waals surface area (Å²) in [5, 5.41) is 16.2. The van der Waals surface area contributed by atoms with Gasteiger partial charge in [0.05, 0.1) is 11.1 Å². The molecule has 3 rings (SSSR count). The topological polar surface area (TPSA) is 151 Å². The Morgan fingerprint density at radius 1 is 1.06 bits per heavy atom. The summed E-state index contributed by atoms with van der Waals surface area (Å²) in [7, 11) is -3.80. The van der Waals surface area contributed by atoms with Crippen molar-refractivity contribution in [3.05, 3.63) is 66.1 Å². The fourth-order valence-electron chi connectivity index (χ4n) is 2.67. The van der Waals surface area contributed by atoms with Gasteiger partial charge < -0.3 is 21.3 Å². The molecule has 2 aromatic carbocycles. The number of carbonyl (C=O) groups is 1. The monoisotopic (exact) mass is 459 g/mol. The average Bonchev–Trinajstić information content (AvgIpc) is 2.75. The number of nitrogens with zero attached hydrogens (tertiary/aromatic N) is 2. The van der Waals surface area contributed by atoms with Crippen molar-refractivity contribution in [1.29, 1.82) is 0 Å². The highest BCUT2D eigenvalue weighted by Gasteiger charge is 2.10. The van der Waals surface area contributed by atoms with E-state index in [9.17, 15) is 17.6 Å². The first kappa shape index (κ1) is 22.9. The summed E-state index contributed by atoms with van der Waals surface area (Å²) in [6, 6.07) is 12.5. The van der Waals surface area contributed by atoms with Crippen molar-refractivity contribution in [1.82, 2.24) is 20.6 Å². The zero-order valence-electron chi connectivity index (χ0n) is 17.1. The Morgan fingerprint density at radius 2 is 1.81 bits per heavy atom. The Morgan fingerprint density at radius 3 is 2.50 bits per heavy atom. The fourth-order valence-corrected chi connectivity index (χ4v) is 3.19. The number of rotatable bonds is 8. The van der Waals surface area contributed by atoms with Crippen LogP contribution in [-0.4, -0.2) is 31.0 Å². The first-order valence-corrected chi connectivity index (χ1v) is 11.1. The van der Waals surface area contributed by atoms with Crippen LogP contribution in [0.15, 0.2) is 59.6 Å². The first-order chi connectivity index (χ1) is 15.2. The first-order valence-electron chi connectivity index (χ1n) is 9.54. The lowest BCUT2D eigenvalue weighted by Gasteiger charge is -2.11. The quantitative estimate of drug-likeness (QED) is 0.347. The maximum Gasteiger partial charge on any atom is 0.315 e. The van der Waals surface area contributed by atoms with E-state index in [1.165, 1.54) is 24.3 Å². The van der Waals surface area contributed by atoms with Gasteiger partial charge in [0.1, 0.15) is 0 Å². The molecule has 0 fully saturated rings. The van der Waals surface area contributed by atoms with E-state index in [0.29, 0.717) is 24.5 Å². The van der Waals surface area contributed by atoms with Gasteiger partial charge in [-0.3, -0.25) is 0 Å². The molecule has 0 radical (unpaired) electrons. The van der Waals surface area contributed by atoms with Gasteiger partial charge >= 0.3 is 6.03 Å². The molecule has 0 aliphatic carbocycles. The zero-order valence-corrected chi connectivity index (χ0v) is 17.9. The minimum Gasteiger partial charge on any atom is -0.338 e. The molecule has 0 aliphatic rings. The number of hydrogen-bond acceptors (Lipinski definition) is 7. The lowest BCUT2D eigenvalue weighted by molar-refractivity contribution is 0.241. The Labute approximate surface area is 184 Å². The van der Waals surface area contributed by atoms with Crippen LogP contribution in [0.3, 0.4) is 0 Å². The highest BCUT2D eigenvalue weighted by molar-refractivity contribution is 7.89. The summed E-state index contributed by atoms with van der Waals surface area (Å²) in [6.07, 6.45) is 1.01. The van der Waals surface area contributed by atoms with Crippen molar-refractivity contribution < 1.29 is 17.6 Å². The SMILES string of the molecule is CCNC(=O)NCc1cccc(Nc2nc(Nc3ccc(S(N)(=O)=O)cc3)ncc2F)c1. The third-order valence-corrected chi connectivity index (χ3v) is 5.09. The second kappa shape index (κ2) is 10.0. The molecule has 0 unspecified atom stereocenters. The van der Waals surface area contributed by atoms with Crippen LogP contribution >= 0.6 is 0 Å². The fraction of sp³-hybridized carbons (Fsp3) is 0.150. The highest BCUT2D eigenvalue weighted by atomic mass is 32.2. The number of carbonyl (C=O) groups excluding carboxylic acids is 1. The van der Waals surface area contributed by atoms with Crippen molar-refractivity contribution in [3.8, 4) is 0 Å². The van der Waals surface area contributed by atoms with E-state index in [1.54, 1.807) is 18.2 Å². The van der Waals surface area contributed by atoms with Crippen LogP contribution in [0, 0.1) is 5.82 Å². The maximum absolute atomic E-state index is 14.3. The van der Waals surface area contributed by atoms with Crippen LogP contribution < -0.4 is 26.4 Å². The molecule has 3 aromatic rings. The van der Waals surface area contributed by atoms with E-state index in [1.807, 2.05) is 13.0 Å². The van der Waals surface area contributed by atoms with Gasteiger partial charge in [0.15, 0.2) is 11.6 Å². The third kappa shape index (κ3) is 6.36. The van der Waals surface area contributed by atoms with Crippen LogP contribution in [0.5, 0.6) is 0 Å². The zero-order chi connectivity index (χ0) is 23.1. The summed E-state index contributed by atoms with van der Waals surface area (Å²) in [6.45, 7) is 2.64. The maximum atomic E-state index is 14.3. The number of aromatic nitrogens is 2. The number of benzene rings is 2. The normalized spacial score (nSPS) is 11.0. The number of primary sulfonamides is 1. The van der Waals surface area contributed by atoms with Gasteiger partial charge in [-0.2, -0.15) is 4.98 Å². The largest absolute Gasteiger partial charge is 0.338 e. The van der Waals surface area contributed by atoms with Gasteiger partial charge in [-0.1, -0.05) is 12.1 Å². The van der Waals surface area contributed by atoms with Gasteiger partial charge in [0.25, 0.3) is 0 Å². The Balaban J connectivity index is 1.71. The average molecular weight is 460 g/mol. The van der Waals surface area contributed by atoms with Crippen LogP contribution in [0.2, 0.25) is 0 Å². The predicted molar refractivity (Wildman–Crippen MR) is 119 cm³/mol. The smallest absolute Gasteiger partial charge is 0.315 e. The van der Waals surface area contributed by atoms with Crippen molar-refractivity contribution in [3.63, 3.8) is 0 Å². The Bertz CT molecular complexity index is 1200. The van der Waals surface area contributed by atoms with Crippen molar-refractivity contribution >= 4 is 39.2 Å². The second-order valence-corrected chi connectivity index (χ2v) is 8.18. The molecular weight excluding hydrogens is 437 g/mol. The van der Waals surface area contributed by atoms with Crippen LogP contribution in [-0.2, 0) is 16.6 Å². The van der Waals surface area contributed by atoms with E-state index in [0.717, 1.165) is 11.8 Å². The molecule has 2 amide bonds. The molecule has 168 valence electrons. The molecule has 1 heterocycles. The molecular formula is C20H22FN7O3S. The number of sulfonamides is 1. The molecule has 0 atom stereocenters. The molecule has 0 saturated heterocycles. The number of hydrogen-bond donors (Lipinski definition) is 5. The molecule has 32 heavy (non-hydrogen) atoms. The van der Waals surface area contributed by atoms with Crippen molar-refractivity contribution in [2.24, 2.45) is 5.14 Å². The molecule has 1 aromatic heterocycles.